The average molecular weight is 286 g/mol. The largest absolute Gasteiger partial charge is 0.493 e. The maximum absolute atomic E-state index is 5.94. The van der Waals surface area contributed by atoms with Gasteiger partial charge in [-0.25, -0.2) is 0 Å². The van der Waals surface area contributed by atoms with Crippen molar-refractivity contribution in [2.24, 2.45) is 23.6 Å². The molecule has 0 saturated heterocycles. The predicted octanol–water partition coefficient (Wildman–Crippen LogP) is 3.21. The minimum atomic E-state index is 0.469. The van der Waals surface area contributed by atoms with Crippen molar-refractivity contribution in [3.63, 3.8) is 0 Å². The van der Waals surface area contributed by atoms with Crippen LogP contribution in [0.2, 0.25) is 0 Å². The molecule has 3 nitrogen and oxygen atoms in total. The second kappa shape index (κ2) is 5.62. The fraction of sp³-hybridized carbons (Fsp3) is 0.667. The van der Waals surface area contributed by atoms with Crippen LogP contribution in [-0.2, 0) is 0 Å². The van der Waals surface area contributed by atoms with Gasteiger partial charge in [0.15, 0.2) is 0 Å². The molecule has 2 fully saturated rings. The number of nitrogens with two attached hydrogens (primary N) is 1. The standard InChI is InChI=1S/C18H26N2O/c19-20-17(16-10-12-5-6-13(16)9-12)11-14-7-8-21-18-4-2-1-3-15(14)18/h1-4,12-14,16-17,20H,5-11,19H2. The fourth-order valence-electron chi connectivity index (χ4n) is 5.12. The highest BCUT2D eigenvalue weighted by Gasteiger charge is 2.43. The molecule has 2 aliphatic carbocycles. The van der Waals surface area contributed by atoms with E-state index in [2.05, 4.69) is 29.7 Å². The predicted molar refractivity (Wildman–Crippen MR) is 84.0 cm³/mol. The van der Waals surface area contributed by atoms with Crippen molar-refractivity contribution in [1.29, 1.82) is 0 Å². The second-order valence-electron chi connectivity index (χ2n) is 7.22. The van der Waals surface area contributed by atoms with Gasteiger partial charge in [0.25, 0.3) is 0 Å². The van der Waals surface area contributed by atoms with Crippen LogP contribution in [0.15, 0.2) is 24.3 Å². The number of hydrogen-bond acceptors (Lipinski definition) is 3. The van der Waals surface area contributed by atoms with Crippen LogP contribution in [0.3, 0.4) is 0 Å². The summed E-state index contributed by atoms with van der Waals surface area (Å²) in [5.74, 6) is 10.3. The van der Waals surface area contributed by atoms with Gasteiger partial charge in [-0.3, -0.25) is 11.3 Å². The molecule has 4 rings (SSSR count). The maximum Gasteiger partial charge on any atom is 0.122 e. The quantitative estimate of drug-likeness (QED) is 0.660. The van der Waals surface area contributed by atoms with E-state index < -0.39 is 0 Å². The Bertz CT molecular complexity index is 504. The smallest absolute Gasteiger partial charge is 0.122 e. The minimum Gasteiger partial charge on any atom is -0.493 e. The molecule has 3 aliphatic rings. The highest BCUT2D eigenvalue weighted by molar-refractivity contribution is 5.37. The molecule has 1 aromatic carbocycles. The van der Waals surface area contributed by atoms with Gasteiger partial charge in [0.1, 0.15) is 5.75 Å². The van der Waals surface area contributed by atoms with Gasteiger partial charge in [-0.1, -0.05) is 24.6 Å². The molecule has 1 aliphatic heterocycles. The number of para-hydroxylation sites is 1. The third kappa shape index (κ3) is 2.47. The lowest BCUT2D eigenvalue weighted by molar-refractivity contribution is 0.207. The zero-order valence-electron chi connectivity index (χ0n) is 12.6. The summed E-state index contributed by atoms with van der Waals surface area (Å²) in [5, 5.41) is 0. The van der Waals surface area contributed by atoms with Crippen LogP contribution in [0.5, 0.6) is 5.75 Å². The Labute approximate surface area is 127 Å². The Kier molecular flexibility index (Phi) is 3.64. The lowest BCUT2D eigenvalue weighted by Gasteiger charge is -2.34. The van der Waals surface area contributed by atoms with E-state index >= 15 is 0 Å². The SMILES string of the molecule is NNC(CC1CCOc2ccccc21)C1CC2CCC1C2. The fourth-order valence-corrected chi connectivity index (χ4v) is 5.12. The van der Waals surface area contributed by atoms with Crippen molar-refractivity contribution in [1.82, 2.24) is 5.43 Å². The summed E-state index contributed by atoms with van der Waals surface area (Å²) in [6.45, 7) is 0.843. The summed E-state index contributed by atoms with van der Waals surface area (Å²) in [7, 11) is 0. The van der Waals surface area contributed by atoms with Gasteiger partial charge < -0.3 is 4.74 Å². The van der Waals surface area contributed by atoms with Crippen molar-refractivity contribution >= 4 is 0 Å². The molecule has 5 unspecified atom stereocenters. The Balaban J connectivity index is 1.50. The molecule has 1 aromatic rings. The molecule has 21 heavy (non-hydrogen) atoms. The van der Waals surface area contributed by atoms with Crippen LogP contribution in [0.1, 0.15) is 50.0 Å². The van der Waals surface area contributed by atoms with Gasteiger partial charge in [0.05, 0.1) is 6.61 Å². The van der Waals surface area contributed by atoms with Gasteiger partial charge in [-0.2, -0.15) is 0 Å². The van der Waals surface area contributed by atoms with Crippen LogP contribution >= 0.6 is 0 Å². The molecule has 3 N–H and O–H groups in total. The monoisotopic (exact) mass is 286 g/mol. The third-order valence-electron chi connectivity index (χ3n) is 6.14. The van der Waals surface area contributed by atoms with Crippen molar-refractivity contribution in [3.8, 4) is 5.75 Å². The van der Waals surface area contributed by atoms with Crippen molar-refractivity contribution in [3.05, 3.63) is 29.8 Å². The number of rotatable bonds is 4. The summed E-state index contributed by atoms with van der Waals surface area (Å²) < 4.78 is 5.79. The number of fused-ring (bicyclic) bond motifs is 3. The molecular weight excluding hydrogens is 260 g/mol. The van der Waals surface area contributed by atoms with Gasteiger partial charge in [-0.05, 0) is 67.4 Å². The second-order valence-corrected chi connectivity index (χ2v) is 7.22. The van der Waals surface area contributed by atoms with E-state index in [1.54, 1.807) is 0 Å². The molecule has 1 heterocycles. The van der Waals surface area contributed by atoms with Gasteiger partial charge >= 0.3 is 0 Å². The number of benzene rings is 1. The molecule has 2 bridgehead atoms. The summed E-state index contributed by atoms with van der Waals surface area (Å²) in [5.41, 5.74) is 4.55. The summed E-state index contributed by atoms with van der Waals surface area (Å²) >= 11 is 0. The van der Waals surface area contributed by atoms with Crippen LogP contribution in [-0.4, -0.2) is 12.6 Å². The van der Waals surface area contributed by atoms with Gasteiger partial charge in [0, 0.05) is 6.04 Å². The van der Waals surface area contributed by atoms with Gasteiger partial charge in [0.2, 0.25) is 0 Å². The number of ether oxygens (including phenoxy) is 1. The van der Waals surface area contributed by atoms with E-state index in [1.165, 1.54) is 31.2 Å². The first-order valence-corrected chi connectivity index (χ1v) is 8.53. The molecule has 5 atom stereocenters. The van der Waals surface area contributed by atoms with E-state index in [1.807, 2.05) is 0 Å². The van der Waals surface area contributed by atoms with Crippen LogP contribution in [0.25, 0.3) is 0 Å². The zero-order valence-corrected chi connectivity index (χ0v) is 12.6. The molecular formula is C18H26N2O. The summed E-state index contributed by atoms with van der Waals surface area (Å²) in [6.07, 6.45) is 8.01. The average Bonchev–Trinajstić information content (AvgIpc) is 3.15. The Morgan fingerprint density at radius 2 is 2.10 bits per heavy atom. The Morgan fingerprint density at radius 3 is 2.86 bits per heavy atom. The first-order chi connectivity index (χ1) is 10.3. The maximum atomic E-state index is 5.94. The van der Waals surface area contributed by atoms with Gasteiger partial charge in [-0.15, -0.1) is 0 Å². The highest BCUT2D eigenvalue weighted by Crippen LogP contribution is 2.51. The Hall–Kier alpha value is -1.06. The summed E-state index contributed by atoms with van der Waals surface area (Å²) in [6, 6.07) is 8.99. The van der Waals surface area contributed by atoms with Crippen LogP contribution in [0.4, 0.5) is 0 Å². The first kappa shape index (κ1) is 13.6. The molecule has 2 saturated carbocycles. The lowest BCUT2D eigenvalue weighted by atomic mass is 9.77. The molecule has 0 radical (unpaired) electrons. The Morgan fingerprint density at radius 1 is 1.19 bits per heavy atom. The molecule has 0 spiro atoms. The summed E-state index contributed by atoms with van der Waals surface area (Å²) in [4.78, 5) is 0. The molecule has 114 valence electrons. The van der Waals surface area contributed by atoms with Crippen molar-refractivity contribution in [2.45, 2.75) is 50.5 Å². The van der Waals surface area contributed by atoms with Crippen LogP contribution < -0.4 is 16.0 Å². The number of nitrogens with one attached hydrogen (secondary N) is 1. The minimum absolute atomic E-state index is 0.469. The molecule has 3 heteroatoms. The molecule has 0 amide bonds. The topological polar surface area (TPSA) is 47.3 Å². The highest BCUT2D eigenvalue weighted by atomic mass is 16.5. The third-order valence-corrected chi connectivity index (χ3v) is 6.14. The van der Waals surface area contributed by atoms with E-state index in [0.717, 1.165) is 43.0 Å². The number of hydrazine groups is 1. The molecule has 0 aromatic heterocycles. The van der Waals surface area contributed by atoms with E-state index in [-0.39, 0.29) is 0 Å². The van der Waals surface area contributed by atoms with E-state index in [9.17, 15) is 0 Å². The van der Waals surface area contributed by atoms with E-state index in [0.29, 0.717) is 12.0 Å². The van der Waals surface area contributed by atoms with Crippen molar-refractivity contribution in [2.75, 3.05) is 6.61 Å². The lowest BCUT2D eigenvalue weighted by Crippen LogP contribution is -2.44. The van der Waals surface area contributed by atoms with E-state index in [4.69, 9.17) is 10.6 Å². The van der Waals surface area contributed by atoms with Crippen LogP contribution in [0, 0.1) is 17.8 Å². The number of hydrogen-bond donors (Lipinski definition) is 2. The zero-order chi connectivity index (χ0) is 14.2. The first-order valence-electron chi connectivity index (χ1n) is 8.53. The van der Waals surface area contributed by atoms with Crippen molar-refractivity contribution < 1.29 is 4.74 Å². The normalized spacial score (nSPS) is 35.3.